The van der Waals surface area contributed by atoms with E-state index < -0.39 is 0 Å². The van der Waals surface area contributed by atoms with Crippen LogP contribution < -0.4 is 5.73 Å². The predicted octanol–water partition coefficient (Wildman–Crippen LogP) is 1.71. The summed E-state index contributed by atoms with van der Waals surface area (Å²) < 4.78 is 18.5. The van der Waals surface area contributed by atoms with Gasteiger partial charge in [0.05, 0.1) is 6.10 Å². The van der Waals surface area contributed by atoms with Crippen molar-refractivity contribution in [3.63, 3.8) is 0 Å². The highest BCUT2D eigenvalue weighted by atomic mass is 19.1. The van der Waals surface area contributed by atoms with Crippen LogP contribution in [-0.4, -0.2) is 43.2 Å². The van der Waals surface area contributed by atoms with Crippen LogP contribution in [0, 0.1) is 12.7 Å². The first kappa shape index (κ1) is 14.9. The van der Waals surface area contributed by atoms with Gasteiger partial charge >= 0.3 is 0 Å². The lowest BCUT2D eigenvalue weighted by molar-refractivity contribution is 0.0138. The van der Waals surface area contributed by atoms with Gasteiger partial charge < -0.3 is 15.4 Å². The first-order valence-electron chi connectivity index (χ1n) is 6.86. The molecule has 20 heavy (non-hydrogen) atoms. The minimum absolute atomic E-state index is 0.0225. The molecular formula is C15H21FN2O2. The predicted molar refractivity (Wildman–Crippen MR) is 75.0 cm³/mol. The van der Waals surface area contributed by atoms with Crippen molar-refractivity contribution in [3.8, 4) is 0 Å². The van der Waals surface area contributed by atoms with E-state index in [-0.39, 0.29) is 23.9 Å². The Morgan fingerprint density at radius 1 is 1.55 bits per heavy atom. The van der Waals surface area contributed by atoms with Crippen LogP contribution in [0.5, 0.6) is 0 Å². The third-order valence-electron chi connectivity index (χ3n) is 3.95. The molecule has 0 radical (unpaired) electrons. The second-order valence-corrected chi connectivity index (χ2v) is 5.23. The lowest BCUT2D eigenvalue weighted by Crippen LogP contribution is -2.51. The Kier molecular flexibility index (Phi) is 4.73. The van der Waals surface area contributed by atoms with E-state index in [0.717, 1.165) is 12.8 Å². The van der Waals surface area contributed by atoms with Crippen LogP contribution in [0.25, 0.3) is 0 Å². The fraction of sp³-hybridized carbons (Fsp3) is 0.533. The van der Waals surface area contributed by atoms with Crippen LogP contribution in [0.2, 0.25) is 0 Å². The molecule has 0 saturated carbocycles. The Hall–Kier alpha value is -1.46. The number of likely N-dealkylation sites (tertiary alicyclic amines) is 1. The molecular weight excluding hydrogens is 259 g/mol. The van der Waals surface area contributed by atoms with Crippen LogP contribution in [0.1, 0.15) is 28.8 Å². The van der Waals surface area contributed by atoms with Gasteiger partial charge in [0.15, 0.2) is 0 Å². The van der Waals surface area contributed by atoms with E-state index in [1.54, 1.807) is 25.0 Å². The van der Waals surface area contributed by atoms with Crippen molar-refractivity contribution in [3.05, 3.63) is 35.1 Å². The number of carbonyl (C=O) groups is 1. The average Bonchev–Trinajstić information content (AvgIpc) is 2.46. The molecule has 1 saturated heterocycles. The van der Waals surface area contributed by atoms with E-state index >= 15 is 0 Å². The van der Waals surface area contributed by atoms with Gasteiger partial charge in [-0.05, 0) is 43.5 Å². The smallest absolute Gasteiger partial charge is 0.254 e. The standard InChI is InChI=1S/C15H21FN2O2/c1-10-7-11(16)3-4-14(10)15(19)18-6-5-13(20-2)8-12(18)9-17/h3-4,7,12-13H,5-6,8-9,17H2,1-2H3. The maximum atomic E-state index is 13.1. The van der Waals surface area contributed by atoms with Crippen molar-refractivity contribution in [2.75, 3.05) is 20.2 Å². The summed E-state index contributed by atoms with van der Waals surface area (Å²) in [5.74, 6) is -0.403. The maximum absolute atomic E-state index is 13.1. The van der Waals surface area contributed by atoms with Gasteiger partial charge in [-0.2, -0.15) is 0 Å². The van der Waals surface area contributed by atoms with Crippen molar-refractivity contribution in [2.24, 2.45) is 5.73 Å². The van der Waals surface area contributed by atoms with Gasteiger partial charge in [-0.15, -0.1) is 0 Å². The molecule has 2 N–H and O–H groups in total. The number of nitrogens with zero attached hydrogens (tertiary/aromatic N) is 1. The summed E-state index contributed by atoms with van der Waals surface area (Å²) in [6.07, 6.45) is 1.71. The highest BCUT2D eigenvalue weighted by molar-refractivity contribution is 5.95. The Balaban J connectivity index is 2.19. The summed E-state index contributed by atoms with van der Waals surface area (Å²) in [4.78, 5) is 14.4. The topological polar surface area (TPSA) is 55.6 Å². The zero-order valence-corrected chi connectivity index (χ0v) is 11.9. The Morgan fingerprint density at radius 2 is 2.30 bits per heavy atom. The Morgan fingerprint density at radius 3 is 2.90 bits per heavy atom. The van der Waals surface area contributed by atoms with Crippen molar-refractivity contribution < 1.29 is 13.9 Å². The number of methoxy groups -OCH3 is 1. The number of rotatable bonds is 3. The van der Waals surface area contributed by atoms with Gasteiger partial charge in [0.2, 0.25) is 0 Å². The minimum atomic E-state index is -0.326. The maximum Gasteiger partial charge on any atom is 0.254 e. The molecule has 0 aliphatic carbocycles. The molecule has 1 aromatic carbocycles. The number of piperidine rings is 1. The number of aryl methyl sites for hydroxylation is 1. The van der Waals surface area contributed by atoms with Crippen LogP contribution >= 0.6 is 0 Å². The fourth-order valence-corrected chi connectivity index (χ4v) is 2.74. The molecule has 1 heterocycles. The molecule has 5 heteroatoms. The molecule has 1 aromatic rings. The number of halogens is 1. The van der Waals surface area contributed by atoms with Crippen LogP contribution in [0.15, 0.2) is 18.2 Å². The zero-order chi connectivity index (χ0) is 14.7. The summed E-state index contributed by atoms with van der Waals surface area (Å²) >= 11 is 0. The molecule has 2 atom stereocenters. The summed E-state index contributed by atoms with van der Waals surface area (Å²) in [6, 6.07) is 4.22. The van der Waals surface area contributed by atoms with Crippen molar-refractivity contribution in [1.29, 1.82) is 0 Å². The molecule has 4 nitrogen and oxygen atoms in total. The number of ether oxygens (including phenoxy) is 1. The zero-order valence-electron chi connectivity index (χ0n) is 11.9. The number of carbonyl (C=O) groups excluding carboxylic acids is 1. The Bertz CT molecular complexity index is 493. The SMILES string of the molecule is COC1CCN(C(=O)c2ccc(F)cc2C)C(CN)C1. The summed E-state index contributed by atoms with van der Waals surface area (Å²) in [5, 5.41) is 0. The van der Waals surface area contributed by atoms with E-state index in [4.69, 9.17) is 10.5 Å². The van der Waals surface area contributed by atoms with Crippen molar-refractivity contribution >= 4 is 5.91 Å². The largest absolute Gasteiger partial charge is 0.381 e. The molecule has 0 aromatic heterocycles. The van der Waals surface area contributed by atoms with Gasteiger partial charge in [0.1, 0.15) is 5.82 Å². The summed E-state index contributed by atoms with van der Waals surface area (Å²) in [6.45, 7) is 2.78. The number of hydrogen-bond acceptors (Lipinski definition) is 3. The second-order valence-electron chi connectivity index (χ2n) is 5.23. The van der Waals surface area contributed by atoms with Gasteiger partial charge in [-0.1, -0.05) is 0 Å². The van der Waals surface area contributed by atoms with E-state index in [9.17, 15) is 9.18 Å². The summed E-state index contributed by atoms with van der Waals surface area (Å²) in [5.41, 5.74) is 6.97. The van der Waals surface area contributed by atoms with E-state index in [1.165, 1.54) is 12.1 Å². The molecule has 0 spiro atoms. The lowest BCUT2D eigenvalue weighted by Gasteiger charge is -2.38. The molecule has 1 fully saturated rings. The van der Waals surface area contributed by atoms with Crippen LogP contribution in [-0.2, 0) is 4.74 Å². The lowest BCUT2D eigenvalue weighted by atomic mass is 9.97. The third-order valence-corrected chi connectivity index (χ3v) is 3.95. The number of amides is 1. The van der Waals surface area contributed by atoms with Crippen molar-refractivity contribution in [1.82, 2.24) is 4.90 Å². The normalized spacial score (nSPS) is 22.9. The summed E-state index contributed by atoms with van der Waals surface area (Å²) in [7, 11) is 1.68. The van der Waals surface area contributed by atoms with Gasteiger partial charge in [-0.3, -0.25) is 4.79 Å². The number of nitrogens with two attached hydrogens (primary N) is 1. The van der Waals surface area contributed by atoms with Gasteiger partial charge in [0.25, 0.3) is 5.91 Å². The average molecular weight is 280 g/mol. The molecule has 2 rings (SSSR count). The minimum Gasteiger partial charge on any atom is -0.381 e. The molecule has 110 valence electrons. The third kappa shape index (κ3) is 2.99. The monoisotopic (exact) mass is 280 g/mol. The van der Waals surface area contributed by atoms with Gasteiger partial charge in [-0.25, -0.2) is 4.39 Å². The molecule has 1 aliphatic heterocycles. The molecule has 1 aliphatic rings. The van der Waals surface area contributed by atoms with Crippen molar-refractivity contribution in [2.45, 2.75) is 31.9 Å². The first-order chi connectivity index (χ1) is 9.56. The van der Waals surface area contributed by atoms with E-state index in [2.05, 4.69) is 0 Å². The highest BCUT2D eigenvalue weighted by Gasteiger charge is 2.31. The number of benzene rings is 1. The van der Waals surface area contributed by atoms with Gasteiger partial charge in [0, 0.05) is 31.8 Å². The van der Waals surface area contributed by atoms with E-state index in [1.807, 2.05) is 0 Å². The molecule has 1 amide bonds. The second kappa shape index (κ2) is 6.33. The number of hydrogen-bond donors (Lipinski definition) is 1. The highest BCUT2D eigenvalue weighted by Crippen LogP contribution is 2.22. The molecule has 2 unspecified atom stereocenters. The van der Waals surface area contributed by atoms with E-state index in [0.29, 0.717) is 24.2 Å². The van der Waals surface area contributed by atoms with Crippen LogP contribution in [0.4, 0.5) is 4.39 Å². The molecule has 0 bridgehead atoms. The first-order valence-corrected chi connectivity index (χ1v) is 6.86. The van der Waals surface area contributed by atoms with Crippen LogP contribution in [0.3, 0.4) is 0 Å². The Labute approximate surface area is 118 Å². The fourth-order valence-electron chi connectivity index (χ4n) is 2.74. The quantitative estimate of drug-likeness (QED) is 0.917.